The third kappa shape index (κ3) is 4.99. The Morgan fingerprint density at radius 3 is 3.00 bits per heavy atom. The third-order valence-corrected chi connectivity index (χ3v) is 2.53. The summed E-state index contributed by atoms with van der Waals surface area (Å²) in [4.78, 5) is 22.5. The van der Waals surface area contributed by atoms with E-state index in [9.17, 15) is 9.59 Å². The van der Waals surface area contributed by atoms with Crippen molar-refractivity contribution in [3.8, 4) is 5.75 Å². The van der Waals surface area contributed by atoms with E-state index in [2.05, 4.69) is 11.9 Å². The summed E-state index contributed by atoms with van der Waals surface area (Å²) in [5.74, 6) is 0.672. The zero-order chi connectivity index (χ0) is 14.1. The van der Waals surface area contributed by atoms with Crippen LogP contribution < -0.4 is 15.5 Å². The molecule has 0 aliphatic rings. The average molecular weight is 265 g/mol. The maximum atomic E-state index is 11.6. The van der Waals surface area contributed by atoms with Crippen LogP contribution in [0.4, 0.5) is 0 Å². The molecule has 5 heteroatoms. The summed E-state index contributed by atoms with van der Waals surface area (Å²) in [6.45, 7) is 6.25. The molecule has 0 aliphatic carbocycles. The van der Waals surface area contributed by atoms with Gasteiger partial charge in [-0.3, -0.25) is 9.59 Å². The fourth-order valence-electron chi connectivity index (χ4n) is 1.53. The molecular weight excluding hydrogens is 246 g/mol. The van der Waals surface area contributed by atoms with Crippen LogP contribution in [0.1, 0.15) is 25.5 Å². The van der Waals surface area contributed by atoms with E-state index in [1.807, 2.05) is 6.92 Å². The summed E-state index contributed by atoms with van der Waals surface area (Å²) in [6, 6.07) is 1.35. The van der Waals surface area contributed by atoms with E-state index in [1.54, 1.807) is 0 Å². The van der Waals surface area contributed by atoms with Gasteiger partial charge < -0.3 is 14.5 Å². The van der Waals surface area contributed by atoms with Gasteiger partial charge in [0.1, 0.15) is 5.76 Å². The van der Waals surface area contributed by atoms with Gasteiger partial charge in [-0.05, 0) is 18.9 Å². The molecule has 0 bridgehead atoms. The first-order chi connectivity index (χ1) is 9.19. The highest BCUT2D eigenvalue weighted by Crippen LogP contribution is 2.13. The van der Waals surface area contributed by atoms with Gasteiger partial charge in [0.15, 0.2) is 0 Å². The maximum Gasteiger partial charge on any atom is 0.243 e. The fraction of sp³-hybridized carbons (Fsp3) is 0.429. The van der Waals surface area contributed by atoms with E-state index in [1.165, 1.54) is 18.4 Å². The first-order valence-corrected chi connectivity index (χ1v) is 6.32. The van der Waals surface area contributed by atoms with Crippen LogP contribution in [0.3, 0.4) is 0 Å². The summed E-state index contributed by atoms with van der Waals surface area (Å²) >= 11 is 0. The molecule has 0 unspecified atom stereocenters. The molecule has 1 aromatic heterocycles. The van der Waals surface area contributed by atoms with Crippen molar-refractivity contribution in [2.24, 2.45) is 0 Å². The summed E-state index contributed by atoms with van der Waals surface area (Å²) < 4.78 is 10.7. The molecule has 1 aromatic rings. The van der Waals surface area contributed by atoms with Crippen molar-refractivity contribution in [1.82, 2.24) is 5.32 Å². The number of aryl methyl sites for hydroxylation is 1. The molecular formula is C14H19NO4. The van der Waals surface area contributed by atoms with Gasteiger partial charge in [0.25, 0.3) is 0 Å². The first-order valence-electron chi connectivity index (χ1n) is 6.32. The molecule has 1 N–H and O–H groups in total. The monoisotopic (exact) mass is 265 g/mol. The standard InChI is InChI=1S/C14H19NO4/c1-3-12-14(11(16)7-10-18-12)19-9-6-5-8-15-13(17)4-2/h4,7,10H,2-3,5-6,8-9H2,1H3,(H,15,17). The Hall–Kier alpha value is -2.04. The van der Waals surface area contributed by atoms with Crippen molar-refractivity contribution in [2.75, 3.05) is 13.2 Å². The summed E-state index contributed by atoms with van der Waals surface area (Å²) in [6.07, 6.45) is 4.74. The number of carbonyl (C=O) groups is 1. The Labute approximate surface area is 112 Å². The van der Waals surface area contributed by atoms with Crippen LogP contribution in [-0.4, -0.2) is 19.1 Å². The topological polar surface area (TPSA) is 68.5 Å². The Morgan fingerprint density at radius 1 is 1.53 bits per heavy atom. The molecule has 1 rings (SSSR count). The molecule has 0 saturated heterocycles. The lowest BCUT2D eigenvalue weighted by atomic mass is 10.3. The van der Waals surface area contributed by atoms with Crippen molar-refractivity contribution >= 4 is 5.91 Å². The van der Waals surface area contributed by atoms with Crippen LogP contribution >= 0.6 is 0 Å². The smallest absolute Gasteiger partial charge is 0.243 e. The molecule has 19 heavy (non-hydrogen) atoms. The normalized spacial score (nSPS) is 9.95. The Kier molecular flexibility index (Phi) is 6.43. The van der Waals surface area contributed by atoms with Crippen molar-refractivity contribution in [3.63, 3.8) is 0 Å². The van der Waals surface area contributed by atoms with Crippen molar-refractivity contribution < 1.29 is 13.9 Å². The number of hydrogen-bond donors (Lipinski definition) is 1. The van der Waals surface area contributed by atoms with Crippen LogP contribution in [-0.2, 0) is 11.2 Å². The predicted octanol–water partition coefficient (Wildman–Crippen LogP) is 1.66. The zero-order valence-corrected chi connectivity index (χ0v) is 11.1. The molecule has 0 spiro atoms. The van der Waals surface area contributed by atoms with Gasteiger partial charge >= 0.3 is 0 Å². The lowest BCUT2D eigenvalue weighted by molar-refractivity contribution is -0.116. The van der Waals surface area contributed by atoms with Gasteiger partial charge in [0, 0.05) is 19.0 Å². The second kappa shape index (κ2) is 8.13. The zero-order valence-electron chi connectivity index (χ0n) is 11.1. The van der Waals surface area contributed by atoms with Gasteiger partial charge in [-0.15, -0.1) is 0 Å². The van der Waals surface area contributed by atoms with E-state index in [4.69, 9.17) is 9.15 Å². The molecule has 5 nitrogen and oxygen atoms in total. The van der Waals surface area contributed by atoms with Gasteiger partial charge in [0.2, 0.25) is 17.1 Å². The molecule has 0 saturated carbocycles. The Balaban J connectivity index is 2.32. The van der Waals surface area contributed by atoms with Crippen molar-refractivity contribution in [2.45, 2.75) is 26.2 Å². The van der Waals surface area contributed by atoms with Crippen LogP contribution in [0.2, 0.25) is 0 Å². The largest absolute Gasteiger partial charge is 0.487 e. The minimum atomic E-state index is -0.183. The molecule has 0 radical (unpaired) electrons. The highest BCUT2D eigenvalue weighted by molar-refractivity contribution is 5.86. The second-order valence-electron chi connectivity index (χ2n) is 3.94. The average Bonchev–Trinajstić information content (AvgIpc) is 2.43. The number of rotatable bonds is 8. The molecule has 104 valence electrons. The van der Waals surface area contributed by atoms with E-state index in [0.717, 1.165) is 12.8 Å². The van der Waals surface area contributed by atoms with Gasteiger partial charge in [-0.2, -0.15) is 0 Å². The SMILES string of the molecule is C=CC(=O)NCCCCOc1c(CC)occc1=O. The lowest BCUT2D eigenvalue weighted by Crippen LogP contribution is -2.22. The van der Waals surface area contributed by atoms with Crippen LogP contribution in [0, 0.1) is 0 Å². The highest BCUT2D eigenvalue weighted by atomic mass is 16.5. The van der Waals surface area contributed by atoms with E-state index in [-0.39, 0.29) is 11.3 Å². The van der Waals surface area contributed by atoms with Crippen LogP contribution in [0.25, 0.3) is 0 Å². The van der Waals surface area contributed by atoms with E-state index < -0.39 is 0 Å². The molecule has 0 atom stereocenters. The first kappa shape index (κ1) is 15.0. The number of nitrogens with one attached hydrogen (secondary N) is 1. The van der Waals surface area contributed by atoms with Crippen LogP contribution in [0.15, 0.2) is 34.2 Å². The molecule has 1 amide bonds. The van der Waals surface area contributed by atoms with Gasteiger partial charge in [-0.25, -0.2) is 0 Å². The van der Waals surface area contributed by atoms with Gasteiger partial charge in [-0.1, -0.05) is 13.5 Å². The highest BCUT2D eigenvalue weighted by Gasteiger charge is 2.08. The lowest BCUT2D eigenvalue weighted by Gasteiger charge is -2.08. The molecule has 1 heterocycles. The second-order valence-corrected chi connectivity index (χ2v) is 3.94. The number of carbonyl (C=O) groups excluding carboxylic acids is 1. The Morgan fingerprint density at radius 2 is 2.32 bits per heavy atom. The summed E-state index contributed by atoms with van der Waals surface area (Å²) in [7, 11) is 0. The summed E-state index contributed by atoms with van der Waals surface area (Å²) in [5, 5.41) is 2.67. The van der Waals surface area contributed by atoms with Crippen LogP contribution in [0.5, 0.6) is 5.75 Å². The number of ether oxygens (including phenoxy) is 1. The molecule has 0 aliphatic heterocycles. The molecule has 0 fully saturated rings. The van der Waals surface area contributed by atoms with Gasteiger partial charge in [0.05, 0.1) is 12.9 Å². The number of amides is 1. The fourth-order valence-corrected chi connectivity index (χ4v) is 1.53. The molecule has 0 aromatic carbocycles. The number of hydrogen-bond acceptors (Lipinski definition) is 4. The van der Waals surface area contributed by atoms with E-state index in [0.29, 0.717) is 31.1 Å². The predicted molar refractivity (Wildman–Crippen MR) is 72.3 cm³/mol. The minimum absolute atomic E-state index is 0.164. The third-order valence-electron chi connectivity index (χ3n) is 2.53. The minimum Gasteiger partial charge on any atom is -0.487 e. The Bertz CT molecular complexity index is 479. The number of unbranched alkanes of at least 4 members (excludes halogenated alkanes) is 1. The quantitative estimate of drug-likeness (QED) is 0.573. The van der Waals surface area contributed by atoms with Crippen molar-refractivity contribution in [1.29, 1.82) is 0 Å². The van der Waals surface area contributed by atoms with E-state index >= 15 is 0 Å². The summed E-state index contributed by atoms with van der Waals surface area (Å²) in [5.41, 5.74) is -0.164. The van der Waals surface area contributed by atoms with Crippen molar-refractivity contribution in [3.05, 3.63) is 41.0 Å². The maximum absolute atomic E-state index is 11.6.